The molecule has 1 aromatic carbocycles. The number of benzene rings is 1. The Labute approximate surface area is 133 Å². The summed E-state index contributed by atoms with van der Waals surface area (Å²) in [7, 11) is 0. The van der Waals surface area contributed by atoms with Crippen LogP contribution >= 0.6 is 15.9 Å². The van der Waals surface area contributed by atoms with Crippen LogP contribution in [0.15, 0.2) is 28.7 Å². The lowest BCUT2D eigenvalue weighted by Gasteiger charge is -2.20. The summed E-state index contributed by atoms with van der Waals surface area (Å²) in [6.45, 7) is 0. The molecule has 2 aromatic rings. The van der Waals surface area contributed by atoms with Gasteiger partial charge in [0, 0.05) is 21.4 Å². The molecule has 1 heterocycles. The highest BCUT2D eigenvalue weighted by atomic mass is 79.9. The fourth-order valence-electron chi connectivity index (χ4n) is 3.09. The minimum atomic E-state index is 0.0212. The van der Waals surface area contributed by atoms with Crippen molar-refractivity contribution in [1.29, 1.82) is 0 Å². The smallest absolute Gasteiger partial charge is 0.267 e. The summed E-state index contributed by atoms with van der Waals surface area (Å²) >= 11 is 3.45. The van der Waals surface area contributed by atoms with Gasteiger partial charge < -0.3 is 10.3 Å². The molecule has 1 saturated carbocycles. The number of halogens is 1. The van der Waals surface area contributed by atoms with Gasteiger partial charge in [0.25, 0.3) is 5.91 Å². The van der Waals surface area contributed by atoms with Crippen molar-refractivity contribution in [3.8, 4) is 0 Å². The predicted octanol–water partition coefficient (Wildman–Crippen LogP) is 4.77. The van der Waals surface area contributed by atoms with E-state index in [-0.39, 0.29) is 5.91 Å². The number of hydrogen-bond acceptors (Lipinski definition) is 1. The van der Waals surface area contributed by atoms with Crippen LogP contribution in [0.5, 0.6) is 0 Å². The summed E-state index contributed by atoms with van der Waals surface area (Å²) in [5, 5.41) is 4.27. The maximum Gasteiger partial charge on any atom is 0.267 e. The first-order valence-corrected chi connectivity index (χ1v) is 8.61. The Kier molecular flexibility index (Phi) is 4.63. The normalized spacial score (nSPS) is 17.4. The van der Waals surface area contributed by atoms with Crippen molar-refractivity contribution >= 4 is 32.7 Å². The molecule has 1 aromatic heterocycles. The van der Waals surface area contributed by atoms with Crippen molar-refractivity contribution in [3.05, 3.63) is 34.4 Å². The summed E-state index contributed by atoms with van der Waals surface area (Å²) in [4.78, 5) is 15.6. The molecule has 0 radical (unpaired) electrons. The second-order valence-electron chi connectivity index (χ2n) is 5.93. The summed E-state index contributed by atoms with van der Waals surface area (Å²) in [5.41, 5.74) is 1.65. The van der Waals surface area contributed by atoms with Crippen molar-refractivity contribution in [1.82, 2.24) is 10.3 Å². The Morgan fingerprint density at radius 1 is 1.10 bits per heavy atom. The van der Waals surface area contributed by atoms with Crippen molar-refractivity contribution in [3.63, 3.8) is 0 Å². The molecule has 0 saturated heterocycles. The zero-order chi connectivity index (χ0) is 14.7. The molecule has 112 valence electrons. The number of amides is 1. The van der Waals surface area contributed by atoms with E-state index in [9.17, 15) is 4.79 Å². The topological polar surface area (TPSA) is 44.9 Å². The predicted molar refractivity (Wildman–Crippen MR) is 89.6 cm³/mol. The van der Waals surface area contributed by atoms with E-state index >= 15 is 0 Å². The zero-order valence-electron chi connectivity index (χ0n) is 12.1. The average Bonchev–Trinajstić information content (AvgIpc) is 2.84. The first-order chi connectivity index (χ1) is 10.2. The van der Waals surface area contributed by atoms with Crippen LogP contribution in [0.25, 0.3) is 10.9 Å². The number of fused-ring (bicyclic) bond motifs is 1. The van der Waals surface area contributed by atoms with E-state index in [2.05, 4.69) is 26.2 Å². The minimum Gasteiger partial charge on any atom is -0.350 e. The quantitative estimate of drug-likeness (QED) is 0.806. The van der Waals surface area contributed by atoms with E-state index in [4.69, 9.17) is 0 Å². The highest BCUT2D eigenvalue weighted by molar-refractivity contribution is 9.10. The molecule has 0 aliphatic heterocycles. The molecule has 1 aliphatic rings. The molecule has 21 heavy (non-hydrogen) atoms. The summed E-state index contributed by atoms with van der Waals surface area (Å²) in [6, 6.07) is 8.27. The molecule has 2 N–H and O–H groups in total. The molecular formula is C17H21BrN2O. The van der Waals surface area contributed by atoms with Gasteiger partial charge in [0.05, 0.1) is 0 Å². The molecule has 0 bridgehead atoms. The van der Waals surface area contributed by atoms with Crippen molar-refractivity contribution in [2.45, 2.75) is 51.0 Å². The van der Waals surface area contributed by atoms with Crippen molar-refractivity contribution in [2.75, 3.05) is 0 Å². The van der Waals surface area contributed by atoms with Gasteiger partial charge in [0.1, 0.15) is 5.69 Å². The Morgan fingerprint density at radius 3 is 2.57 bits per heavy atom. The lowest BCUT2D eigenvalue weighted by Crippen LogP contribution is -2.35. The first-order valence-electron chi connectivity index (χ1n) is 7.81. The number of carbonyl (C=O) groups excluding carboxylic acids is 1. The molecule has 0 atom stereocenters. The summed E-state index contributed by atoms with van der Waals surface area (Å²) in [5.74, 6) is 0.0212. The third-order valence-electron chi connectivity index (χ3n) is 4.27. The number of hydrogen-bond donors (Lipinski definition) is 2. The minimum absolute atomic E-state index is 0.0212. The molecular weight excluding hydrogens is 328 g/mol. The van der Waals surface area contributed by atoms with Gasteiger partial charge in [0.2, 0.25) is 0 Å². The second-order valence-corrected chi connectivity index (χ2v) is 6.85. The van der Waals surface area contributed by atoms with Crippen LogP contribution in [0, 0.1) is 0 Å². The van der Waals surface area contributed by atoms with E-state index < -0.39 is 0 Å². The van der Waals surface area contributed by atoms with Crippen molar-refractivity contribution < 1.29 is 4.79 Å². The maximum absolute atomic E-state index is 12.4. The van der Waals surface area contributed by atoms with Gasteiger partial charge in [-0.2, -0.15) is 0 Å². The van der Waals surface area contributed by atoms with E-state index in [1.807, 2.05) is 24.3 Å². The lowest BCUT2D eigenvalue weighted by molar-refractivity contribution is 0.0926. The van der Waals surface area contributed by atoms with Crippen LogP contribution in [0.1, 0.15) is 55.4 Å². The maximum atomic E-state index is 12.4. The fraction of sp³-hybridized carbons (Fsp3) is 0.471. The molecule has 0 unspecified atom stereocenters. The lowest BCUT2D eigenvalue weighted by atomic mass is 9.96. The third kappa shape index (κ3) is 3.67. The van der Waals surface area contributed by atoms with Gasteiger partial charge in [-0.25, -0.2) is 0 Å². The standard InChI is InChI=1S/C17H21BrN2O/c18-13-9-8-12-10-16(20-15(12)11-13)17(21)19-14-6-4-2-1-3-5-7-14/h8-11,14,20H,1-7H2,(H,19,21). The molecule has 4 heteroatoms. The van der Waals surface area contributed by atoms with E-state index in [0.29, 0.717) is 11.7 Å². The summed E-state index contributed by atoms with van der Waals surface area (Å²) in [6.07, 6.45) is 8.61. The van der Waals surface area contributed by atoms with Crippen LogP contribution in [0.2, 0.25) is 0 Å². The number of aromatic amines is 1. The van der Waals surface area contributed by atoms with Crippen LogP contribution in [-0.4, -0.2) is 16.9 Å². The number of aromatic nitrogens is 1. The van der Waals surface area contributed by atoms with Gasteiger partial charge >= 0.3 is 0 Å². The molecule has 1 amide bonds. The van der Waals surface area contributed by atoms with Gasteiger partial charge in [-0.1, -0.05) is 54.1 Å². The van der Waals surface area contributed by atoms with Crippen molar-refractivity contribution in [2.24, 2.45) is 0 Å². The zero-order valence-corrected chi connectivity index (χ0v) is 13.7. The van der Waals surface area contributed by atoms with E-state index in [1.54, 1.807) is 0 Å². The third-order valence-corrected chi connectivity index (χ3v) is 4.76. The van der Waals surface area contributed by atoms with Gasteiger partial charge in [-0.15, -0.1) is 0 Å². The number of carbonyl (C=O) groups is 1. The molecule has 3 nitrogen and oxygen atoms in total. The first kappa shape index (κ1) is 14.6. The van der Waals surface area contributed by atoms with Crippen LogP contribution < -0.4 is 5.32 Å². The molecule has 1 fully saturated rings. The second kappa shape index (κ2) is 6.65. The molecule has 3 rings (SSSR count). The highest BCUT2D eigenvalue weighted by Gasteiger charge is 2.16. The van der Waals surface area contributed by atoms with Crippen LogP contribution in [0.3, 0.4) is 0 Å². The number of H-pyrrole nitrogens is 1. The fourth-order valence-corrected chi connectivity index (χ4v) is 3.45. The van der Waals surface area contributed by atoms with E-state index in [1.165, 1.54) is 32.1 Å². The van der Waals surface area contributed by atoms with Gasteiger partial charge in [0.15, 0.2) is 0 Å². The van der Waals surface area contributed by atoms with E-state index in [0.717, 1.165) is 28.2 Å². The Hall–Kier alpha value is -1.29. The highest BCUT2D eigenvalue weighted by Crippen LogP contribution is 2.21. The molecule has 0 spiro atoms. The average molecular weight is 349 g/mol. The monoisotopic (exact) mass is 348 g/mol. The van der Waals surface area contributed by atoms with Crippen LogP contribution in [-0.2, 0) is 0 Å². The largest absolute Gasteiger partial charge is 0.350 e. The SMILES string of the molecule is O=C(NC1CCCCCCC1)c1cc2ccc(Br)cc2[nH]1. The Morgan fingerprint density at radius 2 is 1.81 bits per heavy atom. The number of nitrogens with one attached hydrogen (secondary N) is 2. The van der Waals surface area contributed by atoms with Gasteiger partial charge in [-0.3, -0.25) is 4.79 Å². The summed E-state index contributed by atoms with van der Waals surface area (Å²) < 4.78 is 1.02. The van der Waals surface area contributed by atoms with Gasteiger partial charge in [-0.05, 0) is 31.0 Å². The Bertz CT molecular complexity index is 627. The molecule has 1 aliphatic carbocycles. The number of rotatable bonds is 2. The Balaban J connectivity index is 1.70. The van der Waals surface area contributed by atoms with Crippen LogP contribution in [0.4, 0.5) is 0 Å².